The molecule has 0 aliphatic carbocycles. The summed E-state index contributed by atoms with van der Waals surface area (Å²) in [5.41, 5.74) is 0.367. The number of morpholine rings is 1. The number of halogens is 1. The molecule has 0 spiro atoms. The van der Waals surface area contributed by atoms with E-state index in [-0.39, 0.29) is 11.7 Å². The van der Waals surface area contributed by atoms with E-state index in [1.807, 2.05) is 0 Å². The van der Waals surface area contributed by atoms with Crippen LogP contribution in [0.15, 0.2) is 24.3 Å². The quantitative estimate of drug-likeness (QED) is 0.816. The number of amides is 1. The monoisotopic (exact) mass is 266 g/mol. The van der Waals surface area contributed by atoms with Crippen molar-refractivity contribution >= 4 is 5.91 Å². The highest BCUT2D eigenvalue weighted by Crippen LogP contribution is 2.03. The van der Waals surface area contributed by atoms with Crippen molar-refractivity contribution in [2.45, 2.75) is 6.42 Å². The zero-order valence-electron chi connectivity index (χ0n) is 10.9. The maximum absolute atomic E-state index is 13.0. The highest BCUT2D eigenvalue weighted by atomic mass is 19.1. The van der Waals surface area contributed by atoms with Gasteiger partial charge in [-0.05, 0) is 31.2 Å². The molecule has 0 atom stereocenters. The fourth-order valence-corrected chi connectivity index (χ4v) is 2.06. The van der Waals surface area contributed by atoms with Crippen LogP contribution in [0, 0.1) is 5.82 Å². The second-order valence-corrected chi connectivity index (χ2v) is 4.57. The van der Waals surface area contributed by atoms with Crippen LogP contribution in [-0.4, -0.2) is 50.2 Å². The summed E-state index contributed by atoms with van der Waals surface area (Å²) in [6.07, 6.45) is 0.890. The first-order valence-corrected chi connectivity index (χ1v) is 6.59. The van der Waals surface area contributed by atoms with E-state index in [0.29, 0.717) is 12.1 Å². The molecule has 1 aromatic rings. The standard InChI is InChI=1S/C14H19FN2O2/c15-13-4-1-3-12(11-13)14(18)16-5-2-6-17-7-9-19-10-8-17/h1,3-4,11H,2,5-10H2,(H,16,18). The van der Waals surface area contributed by atoms with E-state index in [1.54, 1.807) is 6.07 Å². The SMILES string of the molecule is O=C(NCCCN1CCOCC1)c1cccc(F)c1. The molecule has 4 nitrogen and oxygen atoms in total. The van der Waals surface area contributed by atoms with E-state index < -0.39 is 0 Å². The van der Waals surface area contributed by atoms with Crippen LogP contribution in [0.5, 0.6) is 0 Å². The molecule has 1 fully saturated rings. The van der Waals surface area contributed by atoms with E-state index >= 15 is 0 Å². The molecule has 1 saturated heterocycles. The first-order valence-electron chi connectivity index (χ1n) is 6.59. The minimum absolute atomic E-state index is 0.221. The van der Waals surface area contributed by atoms with Gasteiger partial charge in [0.15, 0.2) is 0 Å². The van der Waals surface area contributed by atoms with Crippen LogP contribution >= 0.6 is 0 Å². The second-order valence-electron chi connectivity index (χ2n) is 4.57. The number of benzene rings is 1. The summed E-state index contributed by atoms with van der Waals surface area (Å²) < 4.78 is 18.2. The molecule has 104 valence electrons. The van der Waals surface area contributed by atoms with E-state index in [1.165, 1.54) is 18.2 Å². The zero-order valence-corrected chi connectivity index (χ0v) is 10.9. The number of hydrogen-bond donors (Lipinski definition) is 1. The topological polar surface area (TPSA) is 41.6 Å². The summed E-state index contributed by atoms with van der Waals surface area (Å²) in [4.78, 5) is 14.1. The van der Waals surface area contributed by atoms with E-state index in [0.717, 1.165) is 39.3 Å². The average Bonchev–Trinajstić information content (AvgIpc) is 2.44. The first-order chi connectivity index (χ1) is 9.25. The Bertz CT molecular complexity index is 420. The maximum Gasteiger partial charge on any atom is 0.251 e. The van der Waals surface area contributed by atoms with Gasteiger partial charge in [-0.1, -0.05) is 6.07 Å². The molecule has 0 saturated carbocycles. The van der Waals surface area contributed by atoms with Crippen molar-refractivity contribution < 1.29 is 13.9 Å². The van der Waals surface area contributed by atoms with Crippen LogP contribution in [0.1, 0.15) is 16.8 Å². The van der Waals surface area contributed by atoms with Crippen LogP contribution < -0.4 is 5.32 Å². The van der Waals surface area contributed by atoms with Gasteiger partial charge in [0.1, 0.15) is 5.82 Å². The van der Waals surface area contributed by atoms with Crippen molar-refractivity contribution in [3.05, 3.63) is 35.6 Å². The van der Waals surface area contributed by atoms with Crippen LogP contribution in [0.3, 0.4) is 0 Å². The Morgan fingerprint density at radius 1 is 1.37 bits per heavy atom. The molecule has 19 heavy (non-hydrogen) atoms. The summed E-state index contributed by atoms with van der Waals surface area (Å²) in [6, 6.07) is 5.73. The third kappa shape index (κ3) is 4.61. The Balaban J connectivity index is 1.66. The van der Waals surface area contributed by atoms with Crippen molar-refractivity contribution in [3.8, 4) is 0 Å². The second kappa shape index (κ2) is 7.21. The van der Waals surface area contributed by atoms with Crippen molar-refractivity contribution in [3.63, 3.8) is 0 Å². The number of carbonyl (C=O) groups is 1. The summed E-state index contributed by atoms with van der Waals surface area (Å²) in [6.45, 7) is 5.04. The third-order valence-corrected chi connectivity index (χ3v) is 3.13. The molecule has 0 radical (unpaired) electrons. The molecule has 1 aliphatic rings. The van der Waals surface area contributed by atoms with Crippen LogP contribution in [0.4, 0.5) is 4.39 Å². The number of ether oxygens (including phenoxy) is 1. The largest absolute Gasteiger partial charge is 0.379 e. The average molecular weight is 266 g/mol. The molecule has 1 N–H and O–H groups in total. The van der Waals surface area contributed by atoms with Crippen molar-refractivity contribution in [2.75, 3.05) is 39.4 Å². The fourth-order valence-electron chi connectivity index (χ4n) is 2.06. The van der Waals surface area contributed by atoms with Gasteiger partial charge in [-0.25, -0.2) is 4.39 Å². The molecule has 1 heterocycles. The third-order valence-electron chi connectivity index (χ3n) is 3.13. The van der Waals surface area contributed by atoms with E-state index in [9.17, 15) is 9.18 Å². The lowest BCUT2D eigenvalue weighted by atomic mass is 10.2. The molecule has 1 aliphatic heterocycles. The smallest absolute Gasteiger partial charge is 0.251 e. The van der Waals surface area contributed by atoms with Gasteiger partial charge < -0.3 is 10.1 Å². The lowest BCUT2D eigenvalue weighted by molar-refractivity contribution is 0.0374. The Hall–Kier alpha value is -1.46. The van der Waals surface area contributed by atoms with Gasteiger partial charge in [0.2, 0.25) is 0 Å². The van der Waals surface area contributed by atoms with Crippen molar-refractivity contribution in [1.82, 2.24) is 10.2 Å². The lowest BCUT2D eigenvalue weighted by Crippen LogP contribution is -2.38. The number of rotatable bonds is 5. The molecule has 0 aromatic heterocycles. The number of carbonyl (C=O) groups excluding carboxylic acids is 1. The summed E-state index contributed by atoms with van der Waals surface area (Å²) in [5, 5.41) is 2.80. The summed E-state index contributed by atoms with van der Waals surface area (Å²) in [7, 11) is 0. The van der Waals surface area contributed by atoms with Gasteiger partial charge in [-0.3, -0.25) is 9.69 Å². The number of hydrogen-bond acceptors (Lipinski definition) is 3. The molecule has 5 heteroatoms. The predicted octanol–water partition coefficient (Wildman–Crippen LogP) is 1.28. The Kier molecular flexibility index (Phi) is 5.30. The molecule has 1 aromatic carbocycles. The van der Waals surface area contributed by atoms with E-state index in [4.69, 9.17) is 4.74 Å². The van der Waals surface area contributed by atoms with Gasteiger partial charge in [0, 0.05) is 25.2 Å². The van der Waals surface area contributed by atoms with Gasteiger partial charge in [0.05, 0.1) is 13.2 Å². The van der Waals surface area contributed by atoms with Gasteiger partial charge in [0.25, 0.3) is 5.91 Å². The summed E-state index contributed by atoms with van der Waals surface area (Å²) >= 11 is 0. The molecule has 0 unspecified atom stereocenters. The van der Waals surface area contributed by atoms with Crippen LogP contribution in [0.25, 0.3) is 0 Å². The minimum atomic E-state index is -0.388. The lowest BCUT2D eigenvalue weighted by Gasteiger charge is -2.26. The first kappa shape index (κ1) is 14.0. The van der Waals surface area contributed by atoms with Crippen molar-refractivity contribution in [2.24, 2.45) is 0 Å². The normalized spacial score (nSPS) is 16.3. The zero-order chi connectivity index (χ0) is 13.5. The number of nitrogens with zero attached hydrogens (tertiary/aromatic N) is 1. The fraction of sp³-hybridized carbons (Fsp3) is 0.500. The molecule has 2 rings (SSSR count). The minimum Gasteiger partial charge on any atom is -0.379 e. The molecular formula is C14H19FN2O2. The highest BCUT2D eigenvalue weighted by molar-refractivity contribution is 5.94. The van der Waals surface area contributed by atoms with Gasteiger partial charge >= 0.3 is 0 Å². The Morgan fingerprint density at radius 3 is 2.89 bits per heavy atom. The maximum atomic E-state index is 13.0. The predicted molar refractivity (Wildman–Crippen MR) is 70.6 cm³/mol. The highest BCUT2D eigenvalue weighted by Gasteiger charge is 2.10. The van der Waals surface area contributed by atoms with Crippen LogP contribution in [-0.2, 0) is 4.74 Å². The molecular weight excluding hydrogens is 247 g/mol. The Labute approximate surface area is 112 Å². The van der Waals surface area contributed by atoms with Crippen LogP contribution in [0.2, 0.25) is 0 Å². The molecule has 0 bridgehead atoms. The number of nitrogens with one attached hydrogen (secondary N) is 1. The van der Waals surface area contributed by atoms with Gasteiger partial charge in [-0.2, -0.15) is 0 Å². The van der Waals surface area contributed by atoms with E-state index in [2.05, 4.69) is 10.2 Å². The summed E-state index contributed by atoms with van der Waals surface area (Å²) in [5.74, 6) is -0.609. The Morgan fingerprint density at radius 2 is 2.16 bits per heavy atom. The van der Waals surface area contributed by atoms with Gasteiger partial charge in [-0.15, -0.1) is 0 Å². The van der Waals surface area contributed by atoms with Crippen molar-refractivity contribution in [1.29, 1.82) is 0 Å². The molecule has 1 amide bonds.